The van der Waals surface area contributed by atoms with E-state index in [-0.39, 0.29) is 11.8 Å². The monoisotopic (exact) mass is 275 g/mol. The smallest absolute Gasteiger partial charge is 0.231 e. The van der Waals surface area contributed by atoms with Gasteiger partial charge < -0.3 is 10.1 Å². The first-order chi connectivity index (χ1) is 9.33. The highest BCUT2D eigenvalue weighted by Crippen LogP contribution is 2.22. The quantitative estimate of drug-likeness (QED) is 0.932. The molecule has 0 spiro atoms. The Kier molecular flexibility index (Phi) is 3.52. The largest absolute Gasteiger partial charge is 0.381 e. The van der Waals surface area contributed by atoms with Gasteiger partial charge in [-0.1, -0.05) is 30.3 Å². The first kappa shape index (κ1) is 12.3. The Labute approximate surface area is 114 Å². The summed E-state index contributed by atoms with van der Waals surface area (Å²) in [6.45, 7) is 1.15. The fourth-order valence-corrected chi connectivity index (χ4v) is 2.52. The Balaban J connectivity index is 1.70. The third-order valence-corrected chi connectivity index (χ3v) is 3.62. The molecule has 1 aliphatic heterocycles. The van der Waals surface area contributed by atoms with E-state index in [1.807, 2.05) is 30.3 Å². The molecule has 0 aliphatic carbocycles. The number of hydrogen-bond donors (Lipinski definition) is 1. The average molecular weight is 275 g/mol. The number of ether oxygens (including phenoxy) is 1. The van der Waals surface area contributed by atoms with Crippen LogP contribution in [0.2, 0.25) is 0 Å². The van der Waals surface area contributed by atoms with Crippen LogP contribution in [0.1, 0.15) is 6.42 Å². The topological polar surface area (TPSA) is 64.1 Å². The highest BCUT2D eigenvalue weighted by Gasteiger charge is 2.24. The Hall–Kier alpha value is -1.79. The summed E-state index contributed by atoms with van der Waals surface area (Å²) in [7, 11) is 0. The standard InChI is InChI=1S/C13H13N3O2S/c17-12(10-6-7-18-8-10)15-13-14-11(16-19-13)9-4-2-1-3-5-9/h1-5,10H,6-8H2,(H,14,15,16,17). The van der Waals surface area contributed by atoms with Crippen LogP contribution >= 0.6 is 11.5 Å². The van der Waals surface area contributed by atoms with Crippen LogP contribution in [0.3, 0.4) is 0 Å². The molecule has 0 saturated carbocycles. The first-order valence-corrected chi connectivity index (χ1v) is 6.88. The molecule has 3 rings (SSSR count). The van der Waals surface area contributed by atoms with E-state index in [0.29, 0.717) is 24.2 Å². The van der Waals surface area contributed by atoms with Crippen molar-refractivity contribution in [1.29, 1.82) is 0 Å². The zero-order valence-electron chi connectivity index (χ0n) is 10.2. The lowest BCUT2D eigenvalue weighted by Gasteiger charge is -2.05. The molecule has 5 nitrogen and oxygen atoms in total. The minimum Gasteiger partial charge on any atom is -0.381 e. The van der Waals surface area contributed by atoms with Crippen molar-refractivity contribution in [2.45, 2.75) is 6.42 Å². The number of amides is 1. The second kappa shape index (κ2) is 5.46. The van der Waals surface area contributed by atoms with Crippen LogP contribution in [-0.4, -0.2) is 28.5 Å². The van der Waals surface area contributed by atoms with E-state index in [1.165, 1.54) is 11.5 Å². The molecule has 2 heterocycles. The number of carbonyl (C=O) groups excluding carboxylic acids is 1. The molecule has 1 aromatic heterocycles. The summed E-state index contributed by atoms with van der Waals surface area (Å²) in [5.74, 6) is 0.543. The lowest BCUT2D eigenvalue weighted by molar-refractivity contribution is -0.119. The van der Waals surface area contributed by atoms with Crippen molar-refractivity contribution in [2.24, 2.45) is 5.92 Å². The molecule has 1 saturated heterocycles. The number of benzene rings is 1. The lowest BCUT2D eigenvalue weighted by Crippen LogP contribution is -2.22. The molecule has 6 heteroatoms. The minimum atomic E-state index is -0.0657. The van der Waals surface area contributed by atoms with Gasteiger partial charge in [-0.25, -0.2) is 0 Å². The van der Waals surface area contributed by atoms with Crippen molar-refractivity contribution in [2.75, 3.05) is 18.5 Å². The molecule has 1 unspecified atom stereocenters. The fraction of sp³-hybridized carbons (Fsp3) is 0.308. The molecular formula is C13H13N3O2S. The second-order valence-electron chi connectivity index (χ2n) is 4.34. The van der Waals surface area contributed by atoms with Gasteiger partial charge in [0, 0.05) is 23.7 Å². The number of nitrogens with one attached hydrogen (secondary N) is 1. The third-order valence-electron chi connectivity index (χ3n) is 2.99. The summed E-state index contributed by atoms with van der Waals surface area (Å²) in [5, 5.41) is 3.34. The minimum absolute atomic E-state index is 0.0340. The molecule has 1 fully saturated rings. The molecule has 1 aromatic carbocycles. The molecular weight excluding hydrogens is 262 g/mol. The van der Waals surface area contributed by atoms with E-state index >= 15 is 0 Å². The van der Waals surface area contributed by atoms with Crippen LogP contribution in [0.25, 0.3) is 11.4 Å². The Bertz CT molecular complexity index is 564. The molecule has 1 aliphatic rings. The van der Waals surface area contributed by atoms with Gasteiger partial charge in [-0.2, -0.15) is 9.36 Å². The van der Waals surface area contributed by atoms with Crippen LogP contribution in [0.5, 0.6) is 0 Å². The molecule has 1 N–H and O–H groups in total. The van der Waals surface area contributed by atoms with Crippen LogP contribution in [0.15, 0.2) is 30.3 Å². The van der Waals surface area contributed by atoms with E-state index in [0.717, 1.165) is 12.0 Å². The molecule has 2 aromatic rings. The van der Waals surface area contributed by atoms with Gasteiger partial charge in [-0.05, 0) is 6.42 Å². The maximum Gasteiger partial charge on any atom is 0.231 e. The van der Waals surface area contributed by atoms with Gasteiger partial charge in [0.15, 0.2) is 5.82 Å². The number of anilines is 1. The maximum atomic E-state index is 11.9. The normalized spacial score (nSPS) is 18.4. The van der Waals surface area contributed by atoms with Gasteiger partial charge >= 0.3 is 0 Å². The lowest BCUT2D eigenvalue weighted by atomic mass is 10.1. The van der Waals surface area contributed by atoms with Crippen molar-refractivity contribution < 1.29 is 9.53 Å². The van der Waals surface area contributed by atoms with Crippen LogP contribution in [0.4, 0.5) is 5.13 Å². The van der Waals surface area contributed by atoms with Crippen molar-refractivity contribution in [3.8, 4) is 11.4 Å². The second-order valence-corrected chi connectivity index (χ2v) is 5.09. The maximum absolute atomic E-state index is 11.9. The molecule has 1 atom stereocenters. The van der Waals surface area contributed by atoms with E-state index < -0.39 is 0 Å². The zero-order chi connectivity index (χ0) is 13.1. The summed E-state index contributed by atoms with van der Waals surface area (Å²) in [6.07, 6.45) is 0.774. The molecule has 0 bridgehead atoms. The summed E-state index contributed by atoms with van der Waals surface area (Å²) in [4.78, 5) is 16.2. The average Bonchev–Trinajstić information content (AvgIpc) is 3.11. The predicted molar refractivity (Wildman–Crippen MR) is 72.9 cm³/mol. The molecule has 98 valence electrons. The molecule has 19 heavy (non-hydrogen) atoms. The van der Waals surface area contributed by atoms with Gasteiger partial charge in [0.25, 0.3) is 0 Å². The van der Waals surface area contributed by atoms with Crippen molar-refractivity contribution in [1.82, 2.24) is 9.36 Å². The zero-order valence-corrected chi connectivity index (χ0v) is 11.0. The highest BCUT2D eigenvalue weighted by molar-refractivity contribution is 7.10. The summed E-state index contributed by atoms with van der Waals surface area (Å²) in [5.41, 5.74) is 0.948. The number of rotatable bonds is 3. The first-order valence-electron chi connectivity index (χ1n) is 6.10. The van der Waals surface area contributed by atoms with Gasteiger partial charge in [-0.15, -0.1) is 0 Å². The molecule has 1 amide bonds. The summed E-state index contributed by atoms with van der Waals surface area (Å²) in [6, 6.07) is 9.70. The van der Waals surface area contributed by atoms with Gasteiger partial charge in [0.2, 0.25) is 11.0 Å². The van der Waals surface area contributed by atoms with Crippen LogP contribution in [-0.2, 0) is 9.53 Å². The number of aromatic nitrogens is 2. The Morgan fingerprint density at radius 3 is 2.95 bits per heavy atom. The van der Waals surface area contributed by atoms with Crippen LogP contribution in [0, 0.1) is 5.92 Å². The SMILES string of the molecule is O=C(Nc1nc(-c2ccccc2)ns1)C1CCOC1. The third kappa shape index (κ3) is 2.80. The molecule has 0 radical (unpaired) electrons. The van der Waals surface area contributed by atoms with Crippen molar-refractivity contribution >= 4 is 22.6 Å². The Morgan fingerprint density at radius 2 is 2.21 bits per heavy atom. The van der Waals surface area contributed by atoms with E-state index in [9.17, 15) is 4.79 Å². The number of carbonyl (C=O) groups is 1. The Morgan fingerprint density at radius 1 is 1.37 bits per heavy atom. The fourth-order valence-electron chi connectivity index (χ4n) is 1.93. The van der Waals surface area contributed by atoms with Crippen LogP contribution < -0.4 is 5.32 Å². The van der Waals surface area contributed by atoms with Gasteiger partial charge in [0.05, 0.1) is 12.5 Å². The van der Waals surface area contributed by atoms with Crippen molar-refractivity contribution in [3.63, 3.8) is 0 Å². The summed E-state index contributed by atoms with van der Waals surface area (Å²) < 4.78 is 9.45. The van der Waals surface area contributed by atoms with Crippen molar-refractivity contribution in [3.05, 3.63) is 30.3 Å². The van der Waals surface area contributed by atoms with Gasteiger partial charge in [-0.3, -0.25) is 4.79 Å². The predicted octanol–water partition coefficient (Wildman–Crippen LogP) is 2.18. The number of hydrogen-bond acceptors (Lipinski definition) is 5. The van der Waals surface area contributed by atoms with E-state index in [4.69, 9.17) is 4.74 Å². The highest BCUT2D eigenvalue weighted by atomic mass is 32.1. The number of nitrogens with zero attached hydrogens (tertiary/aromatic N) is 2. The van der Waals surface area contributed by atoms with E-state index in [1.54, 1.807) is 0 Å². The summed E-state index contributed by atoms with van der Waals surface area (Å²) >= 11 is 1.20. The van der Waals surface area contributed by atoms with Gasteiger partial charge in [0.1, 0.15) is 0 Å². The van der Waals surface area contributed by atoms with E-state index in [2.05, 4.69) is 14.7 Å².